The molecule has 0 saturated carbocycles. The van der Waals surface area contributed by atoms with Crippen molar-refractivity contribution in [1.29, 1.82) is 0 Å². The van der Waals surface area contributed by atoms with E-state index >= 15 is 0 Å². The summed E-state index contributed by atoms with van der Waals surface area (Å²) in [6.45, 7) is 0. The summed E-state index contributed by atoms with van der Waals surface area (Å²) in [7, 11) is 1.83. The third-order valence-corrected chi connectivity index (χ3v) is 2.60. The van der Waals surface area contributed by atoms with E-state index in [2.05, 4.69) is 10.1 Å². The van der Waals surface area contributed by atoms with Crippen LogP contribution in [0.25, 0.3) is 0 Å². The van der Waals surface area contributed by atoms with Gasteiger partial charge in [-0.05, 0) is 31.0 Å². The van der Waals surface area contributed by atoms with E-state index in [0.29, 0.717) is 6.42 Å². The maximum absolute atomic E-state index is 9.96. The largest absolute Gasteiger partial charge is 0.387 e. The van der Waals surface area contributed by atoms with E-state index in [0.717, 1.165) is 17.8 Å². The highest BCUT2D eigenvalue weighted by Gasteiger charge is 2.11. The highest BCUT2D eigenvalue weighted by Crippen LogP contribution is 2.17. The number of aryl methyl sites for hydroxylation is 2. The predicted octanol–water partition coefficient (Wildman–Crippen LogP) is 1.48. The molecule has 16 heavy (non-hydrogen) atoms. The maximum atomic E-state index is 9.96. The van der Waals surface area contributed by atoms with Crippen LogP contribution >= 0.6 is 0 Å². The first-order chi connectivity index (χ1) is 7.77. The van der Waals surface area contributed by atoms with E-state index in [9.17, 15) is 5.11 Å². The standard InChI is InChI=1S/C12H15N3O/c1-15-11(7-9-14-15)12(16)6-5-10-4-2-3-8-13-10/h2-4,7-9,12,16H,5-6H2,1H3. The molecule has 2 aromatic heterocycles. The van der Waals surface area contributed by atoms with Crippen molar-refractivity contribution < 1.29 is 5.11 Å². The zero-order chi connectivity index (χ0) is 11.4. The molecule has 0 amide bonds. The normalized spacial score (nSPS) is 12.6. The number of hydrogen-bond donors (Lipinski definition) is 1. The average molecular weight is 217 g/mol. The van der Waals surface area contributed by atoms with Crippen molar-refractivity contribution in [2.24, 2.45) is 7.05 Å². The van der Waals surface area contributed by atoms with Gasteiger partial charge in [0.1, 0.15) is 0 Å². The van der Waals surface area contributed by atoms with Crippen molar-refractivity contribution in [3.8, 4) is 0 Å². The van der Waals surface area contributed by atoms with Crippen LogP contribution in [-0.4, -0.2) is 19.9 Å². The Kier molecular flexibility index (Phi) is 3.31. The van der Waals surface area contributed by atoms with E-state index in [1.54, 1.807) is 17.1 Å². The molecule has 84 valence electrons. The molecule has 2 heterocycles. The lowest BCUT2D eigenvalue weighted by molar-refractivity contribution is 0.158. The van der Waals surface area contributed by atoms with Crippen molar-refractivity contribution >= 4 is 0 Å². The monoisotopic (exact) mass is 217 g/mol. The van der Waals surface area contributed by atoms with E-state index in [-0.39, 0.29) is 0 Å². The van der Waals surface area contributed by atoms with E-state index in [4.69, 9.17) is 0 Å². The summed E-state index contributed by atoms with van der Waals surface area (Å²) < 4.78 is 1.70. The lowest BCUT2D eigenvalue weighted by Crippen LogP contribution is -2.06. The Bertz CT molecular complexity index is 439. The first kappa shape index (κ1) is 10.8. The van der Waals surface area contributed by atoms with Gasteiger partial charge in [-0.25, -0.2) is 0 Å². The number of rotatable bonds is 4. The Balaban J connectivity index is 1.94. The van der Waals surface area contributed by atoms with Crippen LogP contribution in [0.5, 0.6) is 0 Å². The summed E-state index contributed by atoms with van der Waals surface area (Å²) in [5.41, 5.74) is 1.85. The molecule has 0 spiro atoms. The molecule has 2 rings (SSSR count). The van der Waals surface area contributed by atoms with Gasteiger partial charge in [-0.15, -0.1) is 0 Å². The van der Waals surface area contributed by atoms with E-state index in [1.165, 1.54) is 0 Å². The minimum absolute atomic E-state index is 0.477. The molecule has 0 aromatic carbocycles. The topological polar surface area (TPSA) is 50.9 Å². The zero-order valence-electron chi connectivity index (χ0n) is 9.24. The molecule has 1 N–H and O–H groups in total. The molecule has 0 bridgehead atoms. The minimum Gasteiger partial charge on any atom is -0.387 e. The first-order valence-electron chi connectivity index (χ1n) is 5.33. The van der Waals surface area contributed by atoms with Crippen LogP contribution in [0.1, 0.15) is 23.9 Å². The maximum Gasteiger partial charge on any atom is 0.0960 e. The third kappa shape index (κ3) is 2.46. The first-order valence-corrected chi connectivity index (χ1v) is 5.33. The molecule has 0 saturated heterocycles. The molecule has 1 atom stereocenters. The van der Waals surface area contributed by atoms with Gasteiger partial charge in [0.15, 0.2) is 0 Å². The average Bonchev–Trinajstić information content (AvgIpc) is 2.74. The fraction of sp³-hybridized carbons (Fsp3) is 0.333. The third-order valence-electron chi connectivity index (χ3n) is 2.60. The fourth-order valence-corrected chi connectivity index (χ4v) is 1.69. The SMILES string of the molecule is Cn1nccc1C(O)CCc1ccccn1. The summed E-state index contributed by atoms with van der Waals surface area (Å²) in [6.07, 6.45) is 4.42. The van der Waals surface area contributed by atoms with Gasteiger partial charge in [-0.1, -0.05) is 6.07 Å². The molecule has 0 aliphatic carbocycles. The van der Waals surface area contributed by atoms with E-state index < -0.39 is 6.10 Å². The van der Waals surface area contributed by atoms with Gasteiger partial charge in [0.25, 0.3) is 0 Å². The summed E-state index contributed by atoms with van der Waals surface area (Å²) >= 11 is 0. The van der Waals surface area contributed by atoms with Crippen LogP contribution in [0.4, 0.5) is 0 Å². The van der Waals surface area contributed by atoms with Crippen LogP contribution in [0, 0.1) is 0 Å². The molecule has 4 nitrogen and oxygen atoms in total. The molecule has 1 unspecified atom stereocenters. The smallest absolute Gasteiger partial charge is 0.0960 e. The van der Waals surface area contributed by atoms with Crippen LogP contribution in [-0.2, 0) is 13.5 Å². The van der Waals surface area contributed by atoms with Crippen molar-refractivity contribution in [1.82, 2.24) is 14.8 Å². The van der Waals surface area contributed by atoms with Gasteiger partial charge in [0.05, 0.1) is 11.8 Å². The second kappa shape index (κ2) is 4.90. The summed E-state index contributed by atoms with van der Waals surface area (Å²) in [6, 6.07) is 7.65. The quantitative estimate of drug-likeness (QED) is 0.844. The zero-order valence-corrected chi connectivity index (χ0v) is 9.24. The van der Waals surface area contributed by atoms with Crippen LogP contribution in [0.3, 0.4) is 0 Å². The lowest BCUT2D eigenvalue weighted by atomic mass is 10.1. The molecule has 0 radical (unpaired) electrons. The summed E-state index contributed by atoms with van der Waals surface area (Å²) in [5.74, 6) is 0. The van der Waals surface area contributed by atoms with Gasteiger partial charge < -0.3 is 5.11 Å². The van der Waals surface area contributed by atoms with Crippen molar-refractivity contribution in [3.05, 3.63) is 48.0 Å². The minimum atomic E-state index is -0.477. The predicted molar refractivity (Wildman–Crippen MR) is 60.7 cm³/mol. The number of hydrogen-bond acceptors (Lipinski definition) is 3. The number of aromatic nitrogens is 3. The van der Waals surface area contributed by atoms with Gasteiger partial charge in [0.2, 0.25) is 0 Å². The van der Waals surface area contributed by atoms with Crippen molar-refractivity contribution in [2.75, 3.05) is 0 Å². The lowest BCUT2D eigenvalue weighted by Gasteiger charge is -2.10. The van der Waals surface area contributed by atoms with Gasteiger partial charge in [-0.2, -0.15) is 5.10 Å². The highest BCUT2D eigenvalue weighted by molar-refractivity contribution is 5.07. The molecular formula is C12H15N3O. The molecular weight excluding hydrogens is 202 g/mol. The highest BCUT2D eigenvalue weighted by atomic mass is 16.3. The second-order valence-electron chi connectivity index (χ2n) is 3.76. The Labute approximate surface area is 94.6 Å². The van der Waals surface area contributed by atoms with Crippen molar-refractivity contribution in [3.63, 3.8) is 0 Å². The van der Waals surface area contributed by atoms with Crippen LogP contribution < -0.4 is 0 Å². The molecule has 0 fully saturated rings. The van der Waals surface area contributed by atoms with Gasteiger partial charge in [-0.3, -0.25) is 9.67 Å². The molecule has 0 aliphatic rings. The number of aliphatic hydroxyl groups excluding tert-OH is 1. The Morgan fingerprint density at radius 3 is 2.81 bits per heavy atom. The van der Waals surface area contributed by atoms with Crippen molar-refractivity contribution in [2.45, 2.75) is 18.9 Å². The molecule has 2 aromatic rings. The number of aliphatic hydroxyl groups is 1. The Morgan fingerprint density at radius 1 is 1.31 bits per heavy atom. The Hall–Kier alpha value is -1.68. The number of nitrogens with zero attached hydrogens (tertiary/aromatic N) is 3. The molecule has 4 heteroatoms. The summed E-state index contributed by atoms with van der Waals surface area (Å²) in [4.78, 5) is 4.22. The molecule has 0 aliphatic heterocycles. The van der Waals surface area contributed by atoms with Crippen LogP contribution in [0.2, 0.25) is 0 Å². The van der Waals surface area contributed by atoms with Gasteiger partial charge in [0, 0.05) is 25.1 Å². The second-order valence-corrected chi connectivity index (χ2v) is 3.76. The summed E-state index contributed by atoms with van der Waals surface area (Å²) in [5, 5.41) is 14.0. The van der Waals surface area contributed by atoms with Gasteiger partial charge >= 0.3 is 0 Å². The Morgan fingerprint density at radius 2 is 2.19 bits per heavy atom. The fourth-order valence-electron chi connectivity index (χ4n) is 1.69. The van der Waals surface area contributed by atoms with E-state index in [1.807, 2.05) is 31.3 Å². The number of pyridine rings is 1. The van der Waals surface area contributed by atoms with Crippen LogP contribution in [0.15, 0.2) is 36.7 Å².